The van der Waals surface area contributed by atoms with E-state index < -0.39 is 0 Å². The van der Waals surface area contributed by atoms with Gasteiger partial charge in [0.1, 0.15) is 0 Å². The molecule has 1 N–H and O–H groups in total. The number of nitrogens with zero attached hydrogens (tertiary/aromatic N) is 2. The molecule has 1 aromatic rings. The van der Waals surface area contributed by atoms with Crippen LogP contribution in [0.5, 0.6) is 0 Å². The topological polar surface area (TPSA) is 52.7 Å². The van der Waals surface area contributed by atoms with E-state index in [0.717, 1.165) is 42.7 Å². The quantitative estimate of drug-likeness (QED) is 0.915. The summed E-state index contributed by atoms with van der Waals surface area (Å²) in [6.07, 6.45) is 2.46. The van der Waals surface area contributed by atoms with Crippen molar-refractivity contribution >= 4 is 17.5 Å². The van der Waals surface area contributed by atoms with Gasteiger partial charge in [0.15, 0.2) is 0 Å². The molecule has 2 heterocycles. The highest BCUT2D eigenvalue weighted by molar-refractivity contribution is 6.01. The summed E-state index contributed by atoms with van der Waals surface area (Å²) in [5.74, 6) is -0.0167. The number of hydrogen-bond donors (Lipinski definition) is 1. The van der Waals surface area contributed by atoms with Crippen LogP contribution in [0.3, 0.4) is 0 Å². The van der Waals surface area contributed by atoms with Gasteiger partial charge in [-0.25, -0.2) is 0 Å². The number of piperidine rings is 1. The molecule has 0 radical (unpaired) electrons. The molecule has 0 saturated carbocycles. The Labute approximate surface area is 150 Å². The summed E-state index contributed by atoms with van der Waals surface area (Å²) in [7, 11) is 1.95. The van der Waals surface area contributed by atoms with Gasteiger partial charge in [-0.2, -0.15) is 0 Å². The van der Waals surface area contributed by atoms with Crippen LogP contribution in [0.15, 0.2) is 12.1 Å². The lowest BCUT2D eigenvalue weighted by Gasteiger charge is -2.34. The first-order valence-electron chi connectivity index (χ1n) is 9.25. The van der Waals surface area contributed by atoms with Crippen LogP contribution in [0.2, 0.25) is 0 Å². The van der Waals surface area contributed by atoms with E-state index in [4.69, 9.17) is 0 Å². The lowest BCUT2D eigenvalue weighted by Crippen LogP contribution is -2.49. The first-order valence-corrected chi connectivity index (χ1v) is 9.25. The minimum Gasteiger partial charge on any atom is -0.341 e. The molecule has 0 spiro atoms. The maximum absolute atomic E-state index is 12.9. The summed E-state index contributed by atoms with van der Waals surface area (Å²) in [4.78, 5) is 29.3. The second kappa shape index (κ2) is 7.16. The summed E-state index contributed by atoms with van der Waals surface area (Å²) in [5.41, 5.74) is 4.39. The predicted octanol–water partition coefficient (Wildman–Crippen LogP) is 2.18. The van der Waals surface area contributed by atoms with E-state index >= 15 is 0 Å². The maximum Gasteiger partial charge on any atom is 0.228 e. The summed E-state index contributed by atoms with van der Waals surface area (Å²) in [5, 5.41) is 3.27. The highest BCUT2D eigenvalue weighted by atomic mass is 16.2. The van der Waals surface area contributed by atoms with Gasteiger partial charge in [0.05, 0.1) is 5.92 Å². The van der Waals surface area contributed by atoms with Crippen molar-refractivity contribution in [2.24, 2.45) is 5.92 Å². The van der Waals surface area contributed by atoms with Gasteiger partial charge >= 0.3 is 0 Å². The third-order valence-electron chi connectivity index (χ3n) is 5.52. The zero-order valence-electron chi connectivity index (χ0n) is 15.8. The second-order valence-corrected chi connectivity index (χ2v) is 7.56. The summed E-state index contributed by atoms with van der Waals surface area (Å²) in [6.45, 7) is 8.21. The minimum atomic E-state index is -0.219. The standard InChI is InChI=1S/C20H29N3O2/c1-13-8-14(2)19(15(3)9-13)23-11-16(10-18(23)24)20(25)22-7-5-6-17(12-22)21-4/h8-9,16-17,21H,5-7,10-12H2,1-4H3. The first-order chi connectivity index (χ1) is 11.9. The number of amides is 2. The fourth-order valence-corrected chi connectivity index (χ4v) is 4.36. The van der Waals surface area contributed by atoms with Crippen LogP contribution >= 0.6 is 0 Å². The van der Waals surface area contributed by atoms with Crippen LogP contribution < -0.4 is 10.2 Å². The van der Waals surface area contributed by atoms with E-state index in [1.165, 1.54) is 5.56 Å². The number of likely N-dealkylation sites (N-methyl/N-ethyl adjacent to an activating group) is 1. The molecular formula is C20H29N3O2. The van der Waals surface area contributed by atoms with Crippen molar-refractivity contribution < 1.29 is 9.59 Å². The molecule has 2 unspecified atom stereocenters. The molecule has 0 aliphatic carbocycles. The van der Waals surface area contributed by atoms with Crippen molar-refractivity contribution in [1.82, 2.24) is 10.2 Å². The summed E-state index contributed by atoms with van der Waals surface area (Å²) < 4.78 is 0. The average Bonchev–Trinajstić information content (AvgIpc) is 2.95. The van der Waals surface area contributed by atoms with Crippen LogP contribution in [0.25, 0.3) is 0 Å². The van der Waals surface area contributed by atoms with Gasteiger partial charge in [-0.3, -0.25) is 9.59 Å². The van der Waals surface area contributed by atoms with Crippen molar-refractivity contribution in [3.8, 4) is 0 Å². The van der Waals surface area contributed by atoms with Gasteiger partial charge in [0.25, 0.3) is 0 Å². The monoisotopic (exact) mass is 343 g/mol. The van der Waals surface area contributed by atoms with Crippen molar-refractivity contribution in [2.45, 2.75) is 46.1 Å². The van der Waals surface area contributed by atoms with E-state index in [9.17, 15) is 9.59 Å². The Balaban J connectivity index is 1.75. The zero-order valence-corrected chi connectivity index (χ0v) is 15.8. The molecule has 5 heteroatoms. The Kier molecular flexibility index (Phi) is 5.13. The van der Waals surface area contributed by atoms with Gasteiger partial charge < -0.3 is 15.1 Å². The van der Waals surface area contributed by atoms with Gasteiger partial charge in [-0.05, 0) is 51.8 Å². The van der Waals surface area contributed by atoms with Crippen LogP contribution in [-0.4, -0.2) is 49.4 Å². The molecule has 2 fully saturated rings. The van der Waals surface area contributed by atoms with Crippen LogP contribution in [-0.2, 0) is 9.59 Å². The van der Waals surface area contributed by atoms with Crippen molar-refractivity contribution in [3.63, 3.8) is 0 Å². The molecule has 25 heavy (non-hydrogen) atoms. The molecule has 2 aliphatic heterocycles. The van der Waals surface area contributed by atoms with E-state index in [0.29, 0.717) is 19.0 Å². The first kappa shape index (κ1) is 17.9. The van der Waals surface area contributed by atoms with E-state index in [-0.39, 0.29) is 17.7 Å². The SMILES string of the molecule is CNC1CCCN(C(=O)C2CC(=O)N(c3c(C)cc(C)cc3C)C2)C1. The molecule has 0 aromatic heterocycles. The molecule has 136 valence electrons. The number of aryl methyl sites for hydroxylation is 3. The Morgan fingerprint density at radius 2 is 1.84 bits per heavy atom. The number of rotatable bonds is 3. The Morgan fingerprint density at radius 1 is 1.16 bits per heavy atom. The Hall–Kier alpha value is -1.88. The largest absolute Gasteiger partial charge is 0.341 e. The van der Waals surface area contributed by atoms with E-state index in [2.05, 4.69) is 24.4 Å². The number of anilines is 1. The van der Waals surface area contributed by atoms with Crippen molar-refractivity contribution in [3.05, 3.63) is 28.8 Å². The highest BCUT2D eigenvalue weighted by Gasteiger charge is 2.39. The highest BCUT2D eigenvalue weighted by Crippen LogP contribution is 2.32. The minimum absolute atomic E-state index is 0.0654. The van der Waals surface area contributed by atoms with Crippen LogP contribution in [0.1, 0.15) is 36.0 Å². The maximum atomic E-state index is 12.9. The van der Waals surface area contributed by atoms with Crippen molar-refractivity contribution in [1.29, 1.82) is 0 Å². The number of hydrogen-bond acceptors (Lipinski definition) is 3. The fraction of sp³-hybridized carbons (Fsp3) is 0.600. The smallest absolute Gasteiger partial charge is 0.228 e. The van der Waals surface area contributed by atoms with Gasteiger partial charge in [0, 0.05) is 37.8 Å². The molecule has 1 aromatic carbocycles. The predicted molar refractivity (Wildman–Crippen MR) is 99.8 cm³/mol. The average molecular weight is 343 g/mol. The molecule has 2 amide bonds. The number of carbonyl (C=O) groups is 2. The fourth-order valence-electron chi connectivity index (χ4n) is 4.36. The summed E-state index contributed by atoms with van der Waals surface area (Å²) >= 11 is 0. The Bertz CT molecular complexity index is 663. The molecule has 2 atom stereocenters. The number of nitrogens with one attached hydrogen (secondary N) is 1. The van der Waals surface area contributed by atoms with Crippen LogP contribution in [0, 0.1) is 26.7 Å². The molecule has 0 bridgehead atoms. The molecular weight excluding hydrogens is 314 g/mol. The third kappa shape index (κ3) is 3.56. The summed E-state index contributed by atoms with van der Waals surface area (Å²) in [6, 6.07) is 4.58. The number of carbonyl (C=O) groups excluding carboxylic acids is 2. The molecule has 3 rings (SSSR count). The van der Waals surface area contributed by atoms with Gasteiger partial charge in [-0.15, -0.1) is 0 Å². The lowest BCUT2D eigenvalue weighted by atomic mass is 10.0. The zero-order chi connectivity index (χ0) is 18.1. The third-order valence-corrected chi connectivity index (χ3v) is 5.52. The normalized spacial score (nSPS) is 24.1. The second-order valence-electron chi connectivity index (χ2n) is 7.56. The van der Waals surface area contributed by atoms with Gasteiger partial charge in [0.2, 0.25) is 11.8 Å². The molecule has 2 saturated heterocycles. The number of benzene rings is 1. The van der Waals surface area contributed by atoms with Crippen molar-refractivity contribution in [2.75, 3.05) is 31.6 Å². The van der Waals surface area contributed by atoms with E-state index in [1.54, 1.807) is 0 Å². The Morgan fingerprint density at radius 3 is 2.48 bits per heavy atom. The van der Waals surface area contributed by atoms with Crippen LogP contribution in [0.4, 0.5) is 5.69 Å². The van der Waals surface area contributed by atoms with Gasteiger partial charge in [-0.1, -0.05) is 17.7 Å². The van der Waals surface area contributed by atoms with E-state index in [1.807, 2.05) is 30.7 Å². The molecule has 5 nitrogen and oxygen atoms in total. The molecule has 2 aliphatic rings. The lowest BCUT2D eigenvalue weighted by molar-refractivity contribution is -0.137. The number of likely N-dealkylation sites (tertiary alicyclic amines) is 1.